The van der Waals surface area contributed by atoms with Crippen molar-refractivity contribution < 1.29 is 14.3 Å². The summed E-state index contributed by atoms with van der Waals surface area (Å²) in [6.45, 7) is 1.76. The van der Waals surface area contributed by atoms with E-state index in [-0.39, 0.29) is 6.61 Å². The summed E-state index contributed by atoms with van der Waals surface area (Å²) >= 11 is 4.88. The monoisotopic (exact) mass is 394 g/mol. The highest BCUT2D eigenvalue weighted by molar-refractivity contribution is 9.10. The van der Waals surface area contributed by atoms with Crippen LogP contribution in [0.5, 0.6) is 5.75 Å². The third-order valence-corrected chi connectivity index (χ3v) is 4.17. The summed E-state index contributed by atoms with van der Waals surface area (Å²) in [5, 5.41) is 1.92. The maximum atomic E-state index is 11.6. The minimum absolute atomic E-state index is 0.198. The van der Waals surface area contributed by atoms with E-state index in [9.17, 15) is 9.59 Å². The van der Waals surface area contributed by atoms with E-state index in [4.69, 9.17) is 4.74 Å². The number of aryl methyl sites for hydroxylation is 1. The Bertz CT molecular complexity index is 714. The topological polar surface area (TPSA) is 67.4 Å². The van der Waals surface area contributed by atoms with Crippen LogP contribution in [-0.2, 0) is 9.59 Å². The number of carbonyl (C=O) groups excluding carboxylic acids is 2. The van der Waals surface area contributed by atoms with Crippen molar-refractivity contribution in [3.05, 3.63) is 56.7 Å². The lowest BCUT2D eigenvalue weighted by Gasteiger charge is -2.09. The number of thiophene rings is 1. The Morgan fingerprint density at radius 2 is 2.13 bits per heavy atom. The van der Waals surface area contributed by atoms with E-state index in [0.717, 1.165) is 14.9 Å². The Morgan fingerprint density at radius 1 is 1.30 bits per heavy atom. The van der Waals surface area contributed by atoms with Crippen LogP contribution in [0, 0.1) is 6.92 Å². The molecule has 7 heteroatoms. The van der Waals surface area contributed by atoms with Crippen molar-refractivity contribution in [2.24, 2.45) is 0 Å². The van der Waals surface area contributed by atoms with E-state index in [2.05, 4.69) is 26.8 Å². The average molecular weight is 395 g/mol. The number of benzene rings is 1. The van der Waals surface area contributed by atoms with Gasteiger partial charge in [-0.2, -0.15) is 0 Å². The molecule has 0 spiro atoms. The molecule has 2 rings (SSSR count). The summed E-state index contributed by atoms with van der Waals surface area (Å²) in [5.41, 5.74) is 5.66. The van der Waals surface area contributed by atoms with Gasteiger partial charge in [0.05, 0.1) is 4.47 Å². The van der Waals surface area contributed by atoms with Crippen LogP contribution < -0.4 is 15.6 Å². The summed E-state index contributed by atoms with van der Waals surface area (Å²) in [6, 6.07) is 9.33. The van der Waals surface area contributed by atoms with Crippen LogP contribution in [-0.4, -0.2) is 18.4 Å². The summed E-state index contributed by atoms with van der Waals surface area (Å²) in [6.07, 6.45) is 3.02. The zero-order valence-corrected chi connectivity index (χ0v) is 14.7. The van der Waals surface area contributed by atoms with Crippen LogP contribution in [0.1, 0.15) is 10.4 Å². The second-order valence-electron chi connectivity index (χ2n) is 4.61. The fourth-order valence-electron chi connectivity index (χ4n) is 1.62. The summed E-state index contributed by atoms with van der Waals surface area (Å²) in [5.74, 6) is -0.298. The number of halogens is 1. The molecule has 23 heavy (non-hydrogen) atoms. The van der Waals surface area contributed by atoms with E-state index in [0.29, 0.717) is 5.75 Å². The third-order valence-electron chi connectivity index (χ3n) is 2.71. The quantitative estimate of drug-likeness (QED) is 0.604. The Hall–Kier alpha value is -2.12. The molecule has 1 heterocycles. The largest absolute Gasteiger partial charge is 0.483 e. The van der Waals surface area contributed by atoms with Crippen LogP contribution in [0.25, 0.3) is 6.08 Å². The number of carbonyl (C=O) groups is 2. The molecule has 0 bridgehead atoms. The lowest BCUT2D eigenvalue weighted by Crippen LogP contribution is -2.43. The van der Waals surface area contributed by atoms with Crippen molar-refractivity contribution in [1.29, 1.82) is 0 Å². The predicted octanol–water partition coefficient (Wildman–Crippen LogP) is 3.06. The number of rotatable bonds is 5. The number of hydrazine groups is 1. The fourth-order valence-corrected chi connectivity index (χ4v) is 2.84. The van der Waals surface area contributed by atoms with Gasteiger partial charge in [-0.1, -0.05) is 12.1 Å². The fraction of sp³-hybridized carbons (Fsp3) is 0.125. The first-order chi connectivity index (χ1) is 11.0. The number of amides is 2. The summed E-state index contributed by atoms with van der Waals surface area (Å²) < 4.78 is 6.15. The van der Waals surface area contributed by atoms with Crippen LogP contribution >= 0.6 is 27.3 Å². The van der Waals surface area contributed by atoms with Gasteiger partial charge in [-0.3, -0.25) is 20.4 Å². The molecule has 0 atom stereocenters. The van der Waals surface area contributed by atoms with Gasteiger partial charge < -0.3 is 4.74 Å². The molecule has 0 unspecified atom stereocenters. The standard InChI is InChI=1S/C16H15BrN2O3S/c1-11-4-6-14(13(17)9-11)22-10-16(21)19-18-15(20)7-5-12-3-2-8-23-12/h2-9H,10H2,1H3,(H,18,20)(H,19,21). The van der Waals surface area contributed by atoms with Gasteiger partial charge in [0.25, 0.3) is 11.8 Å². The highest BCUT2D eigenvalue weighted by Crippen LogP contribution is 2.25. The molecule has 2 aromatic rings. The van der Waals surface area contributed by atoms with Crippen molar-refractivity contribution in [1.82, 2.24) is 10.9 Å². The smallest absolute Gasteiger partial charge is 0.276 e. The van der Waals surface area contributed by atoms with E-state index < -0.39 is 11.8 Å². The first-order valence-electron chi connectivity index (χ1n) is 6.74. The molecule has 0 aliphatic carbocycles. The highest BCUT2D eigenvalue weighted by Gasteiger charge is 2.06. The molecule has 2 N–H and O–H groups in total. The molecule has 0 saturated heterocycles. The normalized spacial score (nSPS) is 10.5. The van der Waals surface area contributed by atoms with Crippen molar-refractivity contribution in [2.75, 3.05) is 6.61 Å². The maximum Gasteiger partial charge on any atom is 0.276 e. The third kappa shape index (κ3) is 5.88. The van der Waals surface area contributed by atoms with Crippen LogP contribution in [0.4, 0.5) is 0 Å². The molecular weight excluding hydrogens is 380 g/mol. The lowest BCUT2D eigenvalue weighted by molar-refractivity contribution is -0.128. The average Bonchev–Trinajstić information content (AvgIpc) is 3.03. The second kappa shape index (κ2) is 8.50. The van der Waals surface area contributed by atoms with Gasteiger partial charge in [-0.05, 0) is 58.1 Å². The molecule has 2 amide bonds. The summed E-state index contributed by atoms with van der Waals surface area (Å²) in [4.78, 5) is 24.2. The number of nitrogens with one attached hydrogen (secondary N) is 2. The summed E-state index contributed by atoms with van der Waals surface area (Å²) in [7, 11) is 0. The van der Waals surface area contributed by atoms with Crippen molar-refractivity contribution in [2.45, 2.75) is 6.92 Å². The van der Waals surface area contributed by atoms with E-state index in [1.54, 1.807) is 12.1 Å². The second-order valence-corrected chi connectivity index (χ2v) is 6.44. The number of hydrogen-bond donors (Lipinski definition) is 2. The van der Waals surface area contributed by atoms with Gasteiger partial charge in [0.1, 0.15) is 5.75 Å². The van der Waals surface area contributed by atoms with Crippen molar-refractivity contribution >= 4 is 45.2 Å². The molecule has 1 aromatic heterocycles. The molecule has 0 saturated carbocycles. The molecule has 0 aliphatic heterocycles. The van der Waals surface area contributed by atoms with Gasteiger partial charge in [-0.15, -0.1) is 11.3 Å². The van der Waals surface area contributed by atoms with Crippen LogP contribution in [0.2, 0.25) is 0 Å². The highest BCUT2D eigenvalue weighted by atomic mass is 79.9. The zero-order chi connectivity index (χ0) is 16.7. The van der Waals surface area contributed by atoms with Gasteiger partial charge in [0, 0.05) is 11.0 Å². The van der Waals surface area contributed by atoms with Gasteiger partial charge in [0.15, 0.2) is 6.61 Å². The van der Waals surface area contributed by atoms with Gasteiger partial charge >= 0.3 is 0 Å². The lowest BCUT2D eigenvalue weighted by atomic mass is 10.2. The first kappa shape index (κ1) is 17.2. The first-order valence-corrected chi connectivity index (χ1v) is 8.41. The molecule has 5 nitrogen and oxygen atoms in total. The predicted molar refractivity (Wildman–Crippen MR) is 94.0 cm³/mol. The molecule has 0 radical (unpaired) electrons. The minimum atomic E-state index is -0.449. The maximum absolute atomic E-state index is 11.6. The number of hydrogen-bond acceptors (Lipinski definition) is 4. The molecule has 1 aromatic carbocycles. The Balaban J connectivity index is 1.73. The molecule has 0 aliphatic rings. The molecule has 0 fully saturated rings. The Kier molecular flexibility index (Phi) is 6.37. The Morgan fingerprint density at radius 3 is 2.83 bits per heavy atom. The molecule has 120 valence electrons. The van der Waals surface area contributed by atoms with E-state index in [1.807, 2.05) is 36.6 Å². The Labute approximate surface area is 146 Å². The van der Waals surface area contributed by atoms with Crippen molar-refractivity contribution in [3.63, 3.8) is 0 Å². The zero-order valence-electron chi connectivity index (χ0n) is 12.3. The van der Waals surface area contributed by atoms with E-state index in [1.165, 1.54) is 17.4 Å². The van der Waals surface area contributed by atoms with Gasteiger partial charge in [0.2, 0.25) is 0 Å². The van der Waals surface area contributed by atoms with Crippen molar-refractivity contribution in [3.8, 4) is 5.75 Å². The minimum Gasteiger partial charge on any atom is -0.483 e. The van der Waals surface area contributed by atoms with Gasteiger partial charge in [-0.25, -0.2) is 0 Å². The number of ether oxygens (including phenoxy) is 1. The SMILES string of the molecule is Cc1ccc(OCC(=O)NNC(=O)C=Cc2cccs2)c(Br)c1. The molecular formula is C16H15BrN2O3S. The van der Waals surface area contributed by atoms with E-state index >= 15 is 0 Å². The van der Waals surface area contributed by atoms with Crippen LogP contribution in [0.3, 0.4) is 0 Å². The van der Waals surface area contributed by atoms with Crippen LogP contribution in [0.15, 0.2) is 46.3 Å².